The average molecular weight is 376 g/mol. The second-order valence-corrected chi connectivity index (χ2v) is 6.92. The molecule has 2 aromatic heterocycles. The number of nitrogens with one attached hydrogen (secondary N) is 2. The van der Waals surface area contributed by atoms with Gasteiger partial charge in [0.1, 0.15) is 23.6 Å². The zero-order valence-electron chi connectivity index (χ0n) is 16.0. The van der Waals surface area contributed by atoms with Crippen molar-refractivity contribution in [3.63, 3.8) is 0 Å². The molecule has 0 saturated carbocycles. The Labute approximate surface area is 157 Å². The van der Waals surface area contributed by atoms with E-state index in [4.69, 9.17) is 4.74 Å². The quantitative estimate of drug-likeness (QED) is 0.587. The van der Waals surface area contributed by atoms with Gasteiger partial charge in [-0.05, 0) is 39.8 Å². The predicted octanol–water partition coefficient (Wildman–Crippen LogP) is 1.76. The number of aromatic nitrogens is 3. The molecule has 1 atom stereocenters. The Morgan fingerprint density at radius 1 is 1.30 bits per heavy atom. The smallest absolute Gasteiger partial charge is 0.431 e. The molecule has 10 nitrogen and oxygen atoms in total. The number of aryl methyl sites for hydroxylation is 1. The van der Waals surface area contributed by atoms with Gasteiger partial charge in [-0.25, -0.2) is 15.0 Å². The number of hydrazine groups is 1. The standard InChI is InChI=1S/C17H24N6O4/c1-12(11-24)23(16(26)27-17(2,3)4)20-22-9-6-7-13(22)15(25)18-14-8-10-21(5)19-14/h6-12,20H,1-5H3,(H,18,19,25). The van der Waals surface area contributed by atoms with Crippen LogP contribution in [0.25, 0.3) is 0 Å². The molecule has 0 aromatic carbocycles. The summed E-state index contributed by atoms with van der Waals surface area (Å²) in [6.45, 7) is 6.68. The predicted molar refractivity (Wildman–Crippen MR) is 98.6 cm³/mol. The zero-order chi connectivity index (χ0) is 20.2. The first-order valence-electron chi connectivity index (χ1n) is 8.33. The number of carbonyl (C=O) groups is 3. The minimum absolute atomic E-state index is 0.215. The molecule has 2 N–H and O–H groups in total. The van der Waals surface area contributed by atoms with Crippen LogP contribution >= 0.6 is 0 Å². The Morgan fingerprint density at radius 2 is 2.00 bits per heavy atom. The number of aldehydes is 1. The molecule has 0 fully saturated rings. The van der Waals surface area contributed by atoms with Gasteiger partial charge in [-0.3, -0.25) is 9.48 Å². The van der Waals surface area contributed by atoms with Crippen molar-refractivity contribution in [2.24, 2.45) is 7.05 Å². The van der Waals surface area contributed by atoms with E-state index in [0.717, 1.165) is 5.01 Å². The van der Waals surface area contributed by atoms with Crippen molar-refractivity contribution in [1.29, 1.82) is 0 Å². The first-order chi connectivity index (χ1) is 12.6. The summed E-state index contributed by atoms with van der Waals surface area (Å²) in [6, 6.07) is 4.01. The van der Waals surface area contributed by atoms with Crippen molar-refractivity contribution in [2.75, 3.05) is 10.9 Å². The summed E-state index contributed by atoms with van der Waals surface area (Å²) in [5, 5.41) is 7.75. The van der Waals surface area contributed by atoms with Crippen molar-refractivity contribution in [3.8, 4) is 0 Å². The summed E-state index contributed by atoms with van der Waals surface area (Å²) in [6.07, 6.45) is 3.09. The molecule has 2 heterocycles. The third-order valence-electron chi connectivity index (χ3n) is 3.35. The molecule has 2 aromatic rings. The second kappa shape index (κ2) is 7.94. The van der Waals surface area contributed by atoms with Crippen LogP contribution in [0.5, 0.6) is 0 Å². The number of rotatable bonds is 6. The molecule has 0 aliphatic rings. The third kappa shape index (κ3) is 5.33. The van der Waals surface area contributed by atoms with E-state index in [1.165, 1.54) is 11.6 Å². The molecule has 0 aliphatic heterocycles. The maximum Gasteiger partial charge on any atom is 0.431 e. The lowest BCUT2D eigenvalue weighted by molar-refractivity contribution is -0.111. The van der Waals surface area contributed by atoms with Gasteiger partial charge < -0.3 is 14.8 Å². The van der Waals surface area contributed by atoms with Gasteiger partial charge in [0.25, 0.3) is 5.91 Å². The van der Waals surface area contributed by atoms with Gasteiger partial charge in [0.15, 0.2) is 5.82 Å². The summed E-state index contributed by atoms with van der Waals surface area (Å²) < 4.78 is 8.19. The average Bonchev–Trinajstić information content (AvgIpc) is 3.18. The highest BCUT2D eigenvalue weighted by Crippen LogP contribution is 2.12. The fraction of sp³-hybridized carbons (Fsp3) is 0.412. The van der Waals surface area contributed by atoms with Gasteiger partial charge >= 0.3 is 6.09 Å². The van der Waals surface area contributed by atoms with Crippen molar-refractivity contribution in [1.82, 2.24) is 19.5 Å². The summed E-state index contributed by atoms with van der Waals surface area (Å²) in [7, 11) is 1.74. The van der Waals surface area contributed by atoms with Gasteiger partial charge in [0, 0.05) is 25.5 Å². The van der Waals surface area contributed by atoms with Gasteiger partial charge in [0.05, 0.1) is 0 Å². The van der Waals surface area contributed by atoms with Gasteiger partial charge in [-0.1, -0.05) is 0 Å². The molecule has 0 spiro atoms. The number of anilines is 1. The van der Waals surface area contributed by atoms with E-state index in [-0.39, 0.29) is 5.69 Å². The summed E-state index contributed by atoms with van der Waals surface area (Å²) in [5.41, 5.74) is 2.20. The van der Waals surface area contributed by atoms with E-state index in [1.807, 2.05) is 0 Å². The minimum atomic E-state index is -0.825. The zero-order valence-corrected chi connectivity index (χ0v) is 16.0. The molecule has 10 heteroatoms. The number of hydrogen-bond acceptors (Lipinski definition) is 6. The summed E-state index contributed by atoms with van der Waals surface area (Å²) in [5.74, 6) is -0.0467. The molecule has 0 bridgehead atoms. The lowest BCUT2D eigenvalue weighted by Crippen LogP contribution is -2.49. The highest BCUT2D eigenvalue weighted by molar-refractivity contribution is 6.02. The Bertz CT molecular complexity index is 820. The van der Waals surface area contributed by atoms with E-state index in [9.17, 15) is 14.4 Å². The van der Waals surface area contributed by atoms with E-state index in [0.29, 0.717) is 12.1 Å². The van der Waals surface area contributed by atoms with Crippen LogP contribution in [0, 0.1) is 0 Å². The topological polar surface area (TPSA) is 110 Å². The molecule has 1 unspecified atom stereocenters. The Hall–Kier alpha value is -3.30. The van der Waals surface area contributed by atoms with Crippen LogP contribution in [0.3, 0.4) is 0 Å². The monoisotopic (exact) mass is 376 g/mol. The van der Waals surface area contributed by atoms with Crippen molar-refractivity contribution in [3.05, 3.63) is 36.3 Å². The first-order valence-corrected chi connectivity index (χ1v) is 8.33. The molecule has 2 amide bonds. The van der Waals surface area contributed by atoms with E-state index in [1.54, 1.807) is 63.1 Å². The minimum Gasteiger partial charge on any atom is -0.442 e. The fourth-order valence-corrected chi connectivity index (χ4v) is 2.10. The summed E-state index contributed by atoms with van der Waals surface area (Å²) >= 11 is 0. The van der Waals surface area contributed by atoms with Crippen LogP contribution in [0.4, 0.5) is 10.6 Å². The van der Waals surface area contributed by atoms with Gasteiger partial charge in [-0.15, -0.1) is 0 Å². The molecule has 2 rings (SSSR count). The maximum atomic E-state index is 12.5. The Morgan fingerprint density at radius 3 is 2.56 bits per heavy atom. The molecular weight excluding hydrogens is 352 g/mol. The number of ether oxygens (including phenoxy) is 1. The SMILES string of the molecule is CC(C=O)N(Nn1cccc1C(=O)Nc1ccn(C)n1)C(=O)OC(C)(C)C. The molecule has 27 heavy (non-hydrogen) atoms. The van der Waals surface area contributed by atoms with E-state index in [2.05, 4.69) is 16.0 Å². The van der Waals surface area contributed by atoms with Crippen molar-refractivity contribution in [2.45, 2.75) is 39.3 Å². The highest BCUT2D eigenvalue weighted by Gasteiger charge is 2.27. The molecule has 0 aliphatic carbocycles. The maximum absolute atomic E-state index is 12.5. The highest BCUT2D eigenvalue weighted by atomic mass is 16.6. The number of hydrogen-bond donors (Lipinski definition) is 2. The first kappa shape index (κ1) is 20.0. The van der Waals surface area contributed by atoms with E-state index < -0.39 is 23.6 Å². The van der Waals surface area contributed by atoms with E-state index >= 15 is 0 Å². The molecule has 0 radical (unpaired) electrons. The van der Waals surface area contributed by atoms with Gasteiger partial charge in [-0.2, -0.15) is 10.1 Å². The van der Waals surface area contributed by atoms with Crippen LogP contribution in [-0.4, -0.2) is 49.4 Å². The number of amides is 2. The van der Waals surface area contributed by atoms with Crippen molar-refractivity contribution >= 4 is 24.1 Å². The molecular formula is C17H24N6O4. The lowest BCUT2D eigenvalue weighted by Gasteiger charge is -2.30. The largest absolute Gasteiger partial charge is 0.442 e. The molecule has 0 saturated heterocycles. The van der Waals surface area contributed by atoms with Crippen LogP contribution in [-0.2, 0) is 16.6 Å². The van der Waals surface area contributed by atoms with Crippen LogP contribution in [0.1, 0.15) is 38.2 Å². The van der Waals surface area contributed by atoms with Gasteiger partial charge in [0.2, 0.25) is 0 Å². The van der Waals surface area contributed by atoms with Crippen molar-refractivity contribution < 1.29 is 19.1 Å². The molecule has 146 valence electrons. The Balaban J connectivity index is 2.19. The lowest BCUT2D eigenvalue weighted by atomic mass is 10.2. The summed E-state index contributed by atoms with van der Waals surface area (Å²) in [4.78, 5) is 36.1. The Kier molecular flexibility index (Phi) is 5.88. The number of carbonyl (C=O) groups excluding carboxylic acids is 3. The van der Waals surface area contributed by atoms with Crippen LogP contribution in [0.2, 0.25) is 0 Å². The second-order valence-electron chi connectivity index (χ2n) is 6.92. The normalized spacial score (nSPS) is 12.2. The number of nitrogens with zero attached hydrogens (tertiary/aromatic N) is 4. The fourth-order valence-electron chi connectivity index (χ4n) is 2.10. The third-order valence-corrected chi connectivity index (χ3v) is 3.35. The van der Waals surface area contributed by atoms with Crippen LogP contribution < -0.4 is 10.9 Å². The van der Waals surface area contributed by atoms with Crippen LogP contribution in [0.15, 0.2) is 30.6 Å².